The molecule has 0 saturated carbocycles. The molecule has 0 fully saturated rings. The van der Waals surface area contributed by atoms with E-state index in [9.17, 15) is 4.79 Å². The Labute approximate surface area is 125 Å². The lowest BCUT2D eigenvalue weighted by Gasteiger charge is -2.18. The van der Waals surface area contributed by atoms with Crippen LogP contribution in [-0.4, -0.2) is 40.4 Å². The Kier molecular flexibility index (Phi) is 7.30. The minimum Gasteiger partial charge on any atom is -0.369 e. The summed E-state index contributed by atoms with van der Waals surface area (Å²) in [7, 11) is 0. The number of amides is 1. The molecular formula is C14H23ClN4O. The fourth-order valence-electron chi connectivity index (χ4n) is 1.92. The second-order valence-electron chi connectivity index (χ2n) is 4.48. The molecular weight excluding hydrogens is 276 g/mol. The van der Waals surface area contributed by atoms with Gasteiger partial charge in [0.05, 0.1) is 0 Å². The van der Waals surface area contributed by atoms with Crippen molar-refractivity contribution in [2.45, 2.75) is 40.0 Å². The summed E-state index contributed by atoms with van der Waals surface area (Å²) < 4.78 is 0. The molecule has 1 amide bonds. The van der Waals surface area contributed by atoms with Gasteiger partial charge in [-0.1, -0.05) is 18.5 Å². The number of anilines is 1. The van der Waals surface area contributed by atoms with Crippen LogP contribution in [0, 0.1) is 0 Å². The molecule has 1 aromatic rings. The molecule has 1 heterocycles. The highest BCUT2D eigenvalue weighted by atomic mass is 35.5. The van der Waals surface area contributed by atoms with Crippen LogP contribution in [0.15, 0.2) is 6.07 Å². The zero-order valence-corrected chi connectivity index (χ0v) is 13.2. The van der Waals surface area contributed by atoms with E-state index < -0.39 is 0 Å². The van der Waals surface area contributed by atoms with E-state index in [0.29, 0.717) is 23.9 Å². The van der Waals surface area contributed by atoms with Crippen molar-refractivity contribution in [1.82, 2.24) is 14.9 Å². The molecule has 0 saturated heterocycles. The normalized spacial score (nSPS) is 10.4. The molecule has 112 valence electrons. The Morgan fingerprint density at radius 2 is 2.00 bits per heavy atom. The van der Waals surface area contributed by atoms with E-state index in [2.05, 4.69) is 22.2 Å². The monoisotopic (exact) mass is 298 g/mol. The van der Waals surface area contributed by atoms with Crippen molar-refractivity contribution in [3.63, 3.8) is 0 Å². The number of nitrogens with zero attached hydrogens (tertiary/aromatic N) is 3. The number of hydrogen-bond donors (Lipinski definition) is 1. The van der Waals surface area contributed by atoms with Gasteiger partial charge in [-0.15, -0.1) is 0 Å². The molecule has 0 aliphatic rings. The summed E-state index contributed by atoms with van der Waals surface area (Å²) in [5, 5.41) is 3.57. The molecule has 6 heteroatoms. The molecule has 0 aliphatic carbocycles. The third-order valence-electron chi connectivity index (χ3n) is 2.98. The van der Waals surface area contributed by atoms with Gasteiger partial charge < -0.3 is 10.2 Å². The number of carbonyl (C=O) groups is 1. The van der Waals surface area contributed by atoms with Crippen LogP contribution in [0.3, 0.4) is 0 Å². The van der Waals surface area contributed by atoms with Crippen LogP contribution in [0.4, 0.5) is 5.82 Å². The Balaban J connectivity index is 2.51. The van der Waals surface area contributed by atoms with E-state index >= 15 is 0 Å². The maximum Gasteiger partial charge on any atom is 0.224 e. The topological polar surface area (TPSA) is 58.1 Å². The van der Waals surface area contributed by atoms with E-state index in [1.54, 1.807) is 6.07 Å². The van der Waals surface area contributed by atoms with E-state index in [4.69, 9.17) is 11.6 Å². The van der Waals surface area contributed by atoms with E-state index in [0.717, 1.165) is 31.8 Å². The minimum absolute atomic E-state index is 0.149. The average Bonchev–Trinajstić information content (AvgIpc) is 2.40. The van der Waals surface area contributed by atoms with Crippen molar-refractivity contribution in [3.8, 4) is 0 Å². The fraction of sp³-hybridized carbons (Fsp3) is 0.643. The number of hydrogen-bond acceptors (Lipinski definition) is 4. The average molecular weight is 299 g/mol. The number of rotatable bonds is 8. The van der Waals surface area contributed by atoms with Crippen molar-refractivity contribution >= 4 is 23.3 Å². The SMILES string of the molecule is CCCc1nc(Cl)cc(NCCC(=O)N(CC)CC)n1. The van der Waals surface area contributed by atoms with Crippen LogP contribution >= 0.6 is 11.6 Å². The lowest BCUT2D eigenvalue weighted by molar-refractivity contribution is -0.130. The minimum atomic E-state index is 0.149. The first kappa shape index (κ1) is 16.7. The third kappa shape index (κ3) is 5.33. The summed E-state index contributed by atoms with van der Waals surface area (Å²) in [5.74, 6) is 1.56. The van der Waals surface area contributed by atoms with Crippen LogP contribution in [-0.2, 0) is 11.2 Å². The largest absolute Gasteiger partial charge is 0.369 e. The quantitative estimate of drug-likeness (QED) is 0.750. The summed E-state index contributed by atoms with van der Waals surface area (Å²) >= 11 is 5.96. The van der Waals surface area contributed by atoms with Gasteiger partial charge in [-0.25, -0.2) is 9.97 Å². The lowest BCUT2D eigenvalue weighted by atomic mass is 10.3. The van der Waals surface area contributed by atoms with E-state index in [-0.39, 0.29) is 5.91 Å². The second-order valence-corrected chi connectivity index (χ2v) is 4.87. The lowest BCUT2D eigenvalue weighted by Crippen LogP contribution is -2.31. The smallest absolute Gasteiger partial charge is 0.224 e. The fourth-order valence-corrected chi connectivity index (χ4v) is 2.12. The summed E-state index contributed by atoms with van der Waals surface area (Å²) in [6.07, 6.45) is 2.22. The molecule has 0 radical (unpaired) electrons. The van der Waals surface area contributed by atoms with Gasteiger partial charge in [0.15, 0.2) is 0 Å². The maximum atomic E-state index is 11.9. The first-order valence-electron chi connectivity index (χ1n) is 7.15. The molecule has 1 N–H and O–H groups in total. The summed E-state index contributed by atoms with van der Waals surface area (Å²) in [5.41, 5.74) is 0. The third-order valence-corrected chi connectivity index (χ3v) is 3.17. The van der Waals surface area contributed by atoms with Gasteiger partial charge >= 0.3 is 0 Å². The van der Waals surface area contributed by atoms with Crippen molar-refractivity contribution in [3.05, 3.63) is 17.0 Å². The molecule has 5 nitrogen and oxygen atoms in total. The van der Waals surface area contributed by atoms with Crippen molar-refractivity contribution in [2.24, 2.45) is 0 Å². The van der Waals surface area contributed by atoms with Gasteiger partial charge in [-0.2, -0.15) is 0 Å². The molecule has 0 bridgehead atoms. The van der Waals surface area contributed by atoms with Gasteiger partial charge in [-0.05, 0) is 20.3 Å². The number of aryl methyl sites for hydroxylation is 1. The van der Waals surface area contributed by atoms with Gasteiger partial charge in [0.1, 0.15) is 16.8 Å². The van der Waals surface area contributed by atoms with Gasteiger partial charge in [0.2, 0.25) is 5.91 Å². The predicted molar refractivity (Wildman–Crippen MR) is 82.1 cm³/mol. The zero-order valence-electron chi connectivity index (χ0n) is 12.4. The zero-order chi connectivity index (χ0) is 15.0. The second kappa shape index (κ2) is 8.74. The number of aromatic nitrogens is 2. The van der Waals surface area contributed by atoms with Crippen LogP contribution in [0.1, 0.15) is 39.4 Å². The maximum absolute atomic E-state index is 11.9. The highest BCUT2D eigenvalue weighted by Gasteiger charge is 2.09. The number of nitrogens with one attached hydrogen (secondary N) is 1. The number of carbonyl (C=O) groups excluding carboxylic acids is 1. The standard InChI is InChI=1S/C14H23ClN4O/c1-4-7-12-17-11(15)10-13(18-12)16-9-8-14(20)19(5-2)6-3/h10H,4-9H2,1-3H3,(H,16,17,18). The van der Waals surface area contributed by atoms with Gasteiger partial charge in [-0.3, -0.25) is 4.79 Å². The molecule has 0 unspecified atom stereocenters. The first-order valence-corrected chi connectivity index (χ1v) is 7.53. The van der Waals surface area contributed by atoms with Crippen molar-refractivity contribution in [1.29, 1.82) is 0 Å². The van der Waals surface area contributed by atoms with Crippen LogP contribution in [0.25, 0.3) is 0 Å². The van der Waals surface area contributed by atoms with Crippen LogP contribution < -0.4 is 5.32 Å². The molecule has 0 spiro atoms. The number of halogens is 1. The van der Waals surface area contributed by atoms with Crippen LogP contribution in [0.2, 0.25) is 5.15 Å². The summed E-state index contributed by atoms with van der Waals surface area (Å²) in [6, 6.07) is 1.68. The Hall–Kier alpha value is -1.36. The molecule has 1 aromatic heterocycles. The predicted octanol–water partition coefficient (Wildman–Crippen LogP) is 2.75. The Bertz CT molecular complexity index is 435. The first-order chi connectivity index (χ1) is 9.60. The van der Waals surface area contributed by atoms with Gasteiger partial charge in [0, 0.05) is 38.5 Å². The molecule has 1 rings (SSSR count). The summed E-state index contributed by atoms with van der Waals surface area (Å²) in [4.78, 5) is 22.2. The van der Waals surface area contributed by atoms with Crippen molar-refractivity contribution in [2.75, 3.05) is 25.0 Å². The highest BCUT2D eigenvalue weighted by molar-refractivity contribution is 6.29. The van der Waals surface area contributed by atoms with Crippen molar-refractivity contribution < 1.29 is 4.79 Å². The van der Waals surface area contributed by atoms with Crippen LogP contribution in [0.5, 0.6) is 0 Å². The highest BCUT2D eigenvalue weighted by Crippen LogP contribution is 2.12. The van der Waals surface area contributed by atoms with Gasteiger partial charge in [0.25, 0.3) is 0 Å². The molecule has 0 aromatic carbocycles. The Morgan fingerprint density at radius 3 is 2.60 bits per heavy atom. The van der Waals surface area contributed by atoms with E-state index in [1.165, 1.54) is 0 Å². The Morgan fingerprint density at radius 1 is 1.30 bits per heavy atom. The molecule has 20 heavy (non-hydrogen) atoms. The summed E-state index contributed by atoms with van der Waals surface area (Å²) in [6.45, 7) is 8.07. The molecule has 0 aliphatic heterocycles. The van der Waals surface area contributed by atoms with E-state index in [1.807, 2.05) is 18.7 Å². The molecule has 0 atom stereocenters.